The van der Waals surface area contributed by atoms with E-state index in [1.807, 2.05) is 40.7 Å². The van der Waals surface area contributed by atoms with Crippen LogP contribution in [0.2, 0.25) is 0 Å². The first-order chi connectivity index (χ1) is 22.3. The number of pyridine rings is 1. The minimum atomic E-state index is -1.14. The lowest BCUT2D eigenvalue weighted by atomic mass is 9.81. The van der Waals surface area contributed by atoms with Crippen LogP contribution >= 0.6 is 0 Å². The number of aliphatic carboxylic acids is 1. The molecule has 2 aliphatic heterocycles. The largest absolute Gasteiger partial charge is 0.479 e. The Labute approximate surface area is 277 Å². The molecule has 0 bridgehead atoms. The van der Waals surface area contributed by atoms with Crippen molar-refractivity contribution in [3.63, 3.8) is 0 Å². The molecule has 10 heteroatoms. The van der Waals surface area contributed by atoms with Crippen LogP contribution in [0.5, 0.6) is 0 Å². The molecule has 0 spiro atoms. The number of fused-ring (bicyclic) bond motifs is 1. The van der Waals surface area contributed by atoms with Gasteiger partial charge in [-0.1, -0.05) is 32.0 Å². The number of rotatable bonds is 7. The third-order valence-corrected chi connectivity index (χ3v) is 9.23. The normalized spacial score (nSPS) is 16.9. The zero-order valence-electron chi connectivity index (χ0n) is 28.5. The molecular formula is C37H45N7O3. The third kappa shape index (κ3) is 6.98. The van der Waals surface area contributed by atoms with Gasteiger partial charge in [-0.15, -0.1) is 0 Å². The van der Waals surface area contributed by atoms with Crippen molar-refractivity contribution in [2.24, 2.45) is 5.41 Å². The molecule has 0 amide bonds. The monoisotopic (exact) mass is 635 g/mol. The Kier molecular flexibility index (Phi) is 8.74. The van der Waals surface area contributed by atoms with Crippen molar-refractivity contribution < 1.29 is 14.6 Å². The van der Waals surface area contributed by atoms with Crippen LogP contribution in [0.15, 0.2) is 49.1 Å². The van der Waals surface area contributed by atoms with Gasteiger partial charge < -0.3 is 19.6 Å². The van der Waals surface area contributed by atoms with Crippen LogP contribution in [0.25, 0.3) is 22.5 Å². The predicted molar refractivity (Wildman–Crippen MR) is 183 cm³/mol. The van der Waals surface area contributed by atoms with Crippen LogP contribution in [-0.2, 0) is 22.5 Å². The highest BCUT2D eigenvalue weighted by molar-refractivity contribution is 5.88. The molecule has 1 unspecified atom stereocenters. The van der Waals surface area contributed by atoms with Crippen molar-refractivity contribution in [3.05, 3.63) is 77.1 Å². The summed E-state index contributed by atoms with van der Waals surface area (Å²) in [6.07, 6.45) is 8.51. The molecule has 1 saturated heterocycles. The predicted octanol–water partition coefficient (Wildman–Crippen LogP) is 6.74. The molecular weight excluding hydrogens is 590 g/mol. The summed E-state index contributed by atoms with van der Waals surface area (Å²) in [5.74, 6) is -0.339. The number of aromatic nitrogens is 5. The molecule has 5 heterocycles. The van der Waals surface area contributed by atoms with Gasteiger partial charge in [-0.25, -0.2) is 14.8 Å². The SMILES string of the molecule is Cc1nc(C)c(C(OC(C)(C)C)C(=O)O)c(N2CCC(C)(C)CC2)c1-c1ccc2c(c1)CCN(c1nccc(-c3cnccn3)n1)C2. The van der Waals surface area contributed by atoms with E-state index in [0.717, 1.165) is 67.1 Å². The maximum absolute atomic E-state index is 12.8. The summed E-state index contributed by atoms with van der Waals surface area (Å²) in [6.45, 7) is 17.4. The Morgan fingerprint density at radius 1 is 0.915 bits per heavy atom. The number of carboxylic acids is 1. The summed E-state index contributed by atoms with van der Waals surface area (Å²) >= 11 is 0. The molecule has 47 heavy (non-hydrogen) atoms. The fourth-order valence-corrected chi connectivity index (χ4v) is 6.71. The van der Waals surface area contributed by atoms with Crippen LogP contribution in [0.3, 0.4) is 0 Å². The second-order valence-electron chi connectivity index (χ2n) is 14.5. The quantitative estimate of drug-likeness (QED) is 0.234. The van der Waals surface area contributed by atoms with Crippen molar-refractivity contribution in [1.29, 1.82) is 0 Å². The average Bonchev–Trinajstić information content (AvgIpc) is 3.03. The Bertz CT molecular complexity index is 1780. The number of anilines is 2. The number of ether oxygens (including phenoxy) is 1. The molecule has 10 nitrogen and oxygen atoms in total. The number of piperidine rings is 1. The van der Waals surface area contributed by atoms with Gasteiger partial charge in [0, 0.05) is 67.3 Å². The minimum Gasteiger partial charge on any atom is -0.479 e. The van der Waals surface area contributed by atoms with Gasteiger partial charge in [0.15, 0.2) is 6.10 Å². The van der Waals surface area contributed by atoms with E-state index in [1.165, 1.54) is 11.1 Å². The second-order valence-corrected chi connectivity index (χ2v) is 14.5. The van der Waals surface area contributed by atoms with E-state index in [1.54, 1.807) is 24.8 Å². The van der Waals surface area contributed by atoms with Crippen molar-refractivity contribution >= 4 is 17.6 Å². The molecule has 1 aromatic carbocycles. The highest BCUT2D eigenvalue weighted by Crippen LogP contribution is 2.45. The summed E-state index contributed by atoms with van der Waals surface area (Å²) in [5, 5.41) is 10.5. The molecule has 4 aromatic rings. The Balaban J connectivity index is 1.39. The van der Waals surface area contributed by atoms with Gasteiger partial charge in [0.25, 0.3) is 0 Å². The van der Waals surface area contributed by atoms with Gasteiger partial charge in [0.2, 0.25) is 5.95 Å². The van der Waals surface area contributed by atoms with E-state index in [-0.39, 0.29) is 5.41 Å². The van der Waals surface area contributed by atoms with Crippen molar-refractivity contribution in [1.82, 2.24) is 24.9 Å². The Hall–Kier alpha value is -4.44. The van der Waals surface area contributed by atoms with Crippen LogP contribution in [0.4, 0.5) is 11.6 Å². The molecule has 3 aromatic heterocycles. The summed E-state index contributed by atoms with van der Waals surface area (Å²) in [4.78, 5) is 40.3. The number of benzene rings is 1. The van der Waals surface area contributed by atoms with E-state index >= 15 is 0 Å². The minimum absolute atomic E-state index is 0.234. The van der Waals surface area contributed by atoms with Crippen molar-refractivity contribution in [2.75, 3.05) is 29.4 Å². The number of hydrogen-bond donors (Lipinski definition) is 1. The summed E-state index contributed by atoms with van der Waals surface area (Å²) in [6, 6.07) is 8.46. The van der Waals surface area contributed by atoms with Gasteiger partial charge in [-0.2, -0.15) is 0 Å². The zero-order chi connectivity index (χ0) is 33.5. The molecule has 0 saturated carbocycles. The average molecular weight is 636 g/mol. The summed E-state index contributed by atoms with van der Waals surface area (Å²) < 4.78 is 6.26. The topological polar surface area (TPSA) is 117 Å². The van der Waals surface area contributed by atoms with Crippen LogP contribution in [-0.4, -0.2) is 61.2 Å². The first kappa shape index (κ1) is 32.5. The van der Waals surface area contributed by atoms with Crippen molar-refractivity contribution in [3.8, 4) is 22.5 Å². The van der Waals surface area contributed by atoms with Crippen molar-refractivity contribution in [2.45, 2.75) is 86.0 Å². The number of carboxylic acid groups (broad SMARTS) is 1. The molecule has 0 aliphatic carbocycles. The van der Waals surface area contributed by atoms with E-state index < -0.39 is 17.7 Å². The third-order valence-electron chi connectivity index (χ3n) is 9.23. The molecule has 1 fully saturated rings. The maximum atomic E-state index is 12.8. The molecule has 0 radical (unpaired) electrons. The summed E-state index contributed by atoms with van der Waals surface area (Å²) in [7, 11) is 0. The van der Waals surface area contributed by atoms with Crippen LogP contribution in [0.1, 0.15) is 81.6 Å². The van der Waals surface area contributed by atoms with E-state index in [9.17, 15) is 9.90 Å². The molecule has 246 valence electrons. The van der Waals surface area contributed by atoms with Crippen LogP contribution in [0, 0.1) is 19.3 Å². The number of aryl methyl sites for hydroxylation is 2. The number of nitrogens with zero attached hydrogens (tertiary/aromatic N) is 7. The summed E-state index contributed by atoms with van der Waals surface area (Å²) in [5.41, 5.74) is 8.71. The molecule has 1 atom stereocenters. The van der Waals surface area contributed by atoms with E-state index in [0.29, 0.717) is 29.4 Å². The fraction of sp³-hybridized carbons (Fsp3) is 0.459. The molecule has 2 aliphatic rings. The lowest BCUT2D eigenvalue weighted by molar-refractivity contribution is -0.160. The van der Waals surface area contributed by atoms with Gasteiger partial charge in [-0.05, 0) is 82.1 Å². The van der Waals surface area contributed by atoms with Crippen LogP contribution < -0.4 is 9.80 Å². The smallest absolute Gasteiger partial charge is 0.337 e. The van der Waals surface area contributed by atoms with Gasteiger partial charge in [-0.3, -0.25) is 15.0 Å². The molecule has 6 rings (SSSR count). The molecule has 1 N–H and O–H groups in total. The zero-order valence-corrected chi connectivity index (χ0v) is 28.5. The highest BCUT2D eigenvalue weighted by atomic mass is 16.5. The number of hydrogen-bond acceptors (Lipinski definition) is 9. The fourth-order valence-electron chi connectivity index (χ4n) is 6.71. The van der Waals surface area contributed by atoms with Gasteiger partial charge >= 0.3 is 5.97 Å². The lowest BCUT2D eigenvalue weighted by Crippen LogP contribution is -2.39. The Morgan fingerprint density at radius 2 is 1.68 bits per heavy atom. The maximum Gasteiger partial charge on any atom is 0.337 e. The standard InChI is InChI=1S/C37H45N7O3/c1-23-30(32(43-18-12-37(6,7)13-19-43)31(24(2)41-23)33(34(45)46)47-36(3,4)5)26-8-9-27-22-44(17-11-25(27)20-26)35-40-14-10-28(42-35)29-21-38-15-16-39-29/h8-10,14-16,20-21,33H,11-13,17-19,22H2,1-7H3,(H,45,46). The van der Waals surface area contributed by atoms with E-state index in [4.69, 9.17) is 14.7 Å². The van der Waals surface area contributed by atoms with E-state index in [2.05, 4.69) is 56.8 Å². The Morgan fingerprint density at radius 3 is 2.36 bits per heavy atom. The first-order valence-corrected chi connectivity index (χ1v) is 16.4. The second kappa shape index (κ2) is 12.6. The highest BCUT2D eigenvalue weighted by Gasteiger charge is 2.36. The lowest BCUT2D eigenvalue weighted by Gasteiger charge is -2.41. The number of carbonyl (C=O) groups is 1. The first-order valence-electron chi connectivity index (χ1n) is 16.4. The van der Waals surface area contributed by atoms with Gasteiger partial charge in [0.05, 0.1) is 23.2 Å². The van der Waals surface area contributed by atoms with Gasteiger partial charge in [0.1, 0.15) is 5.69 Å².